The van der Waals surface area contributed by atoms with Crippen LogP contribution in [0.1, 0.15) is 17.7 Å². The van der Waals surface area contributed by atoms with Crippen molar-refractivity contribution in [3.8, 4) is 17.2 Å². The van der Waals surface area contributed by atoms with E-state index in [0.717, 1.165) is 41.9 Å². The lowest BCUT2D eigenvalue weighted by atomic mass is 10.2. The summed E-state index contributed by atoms with van der Waals surface area (Å²) in [5, 5.41) is 8.26. The third-order valence-corrected chi connectivity index (χ3v) is 4.64. The Morgan fingerprint density at radius 3 is 2.78 bits per heavy atom. The average molecular weight is 326 g/mol. The summed E-state index contributed by atoms with van der Waals surface area (Å²) in [6.07, 6.45) is 9.47. The van der Waals surface area contributed by atoms with Crippen LogP contribution in [0.3, 0.4) is 0 Å². The highest BCUT2D eigenvalue weighted by molar-refractivity contribution is 7.84. The van der Waals surface area contributed by atoms with Crippen molar-refractivity contribution in [2.24, 2.45) is 0 Å². The van der Waals surface area contributed by atoms with Gasteiger partial charge in [-0.05, 0) is 31.4 Å². The predicted octanol–water partition coefficient (Wildman–Crippen LogP) is 1.35. The maximum atomic E-state index is 11.9. The zero-order valence-electron chi connectivity index (χ0n) is 12.5. The Morgan fingerprint density at radius 1 is 1.17 bits per heavy atom. The van der Waals surface area contributed by atoms with E-state index in [2.05, 4.69) is 15.2 Å². The van der Waals surface area contributed by atoms with Gasteiger partial charge in [0.25, 0.3) is 0 Å². The molecule has 3 aromatic heterocycles. The van der Waals surface area contributed by atoms with E-state index in [1.165, 1.54) is 0 Å². The fourth-order valence-corrected chi connectivity index (χ4v) is 3.38. The summed E-state index contributed by atoms with van der Waals surface area (Å²) in [6.45, 7) is 0. The summed E-state index contributed by atoms with van der Waals surface area (Å²) in [6, 6.07) is 3.76. The molecule has 0 radical (unpaired) electrons. The normalized spacial score (nSPS) is 14.7. The maximum Gasteiger partial charge on any atom is 0.226 e. The van der Waals surface area contributed by atoms with Gasteiger partial charge in [0.15, 0.2) is 5.82 Å². The zero-order chi connectivity index (χ0) is 15.8. The van der Waals surface area contributed by atoms with E-state index in [-0.39, 0.29) is 0 Å². The molecule has 1 atom stereocenters. The van der Waals surface area contributed by atoms with Crippen molar-refractivity contribution in [1.29, 1.82) is 0 Å². The molecule has 4 rings (SSSR count). The monoisotopic (exact) mass is 326 g/mol. The number of aromatic nitrogens is 6. The summed E-state index contributed by atoms with van der Waals surface area (Å²) in [5.41, 5.74) is 3.04. The van der Waals surface area contributed by atoms with Crippen molar-refractivity contribution >= 4 is 10.8 Å². The van der Waals surface area contributed by atoms with Gasteiger partial charge in [-0.15, -0.1) is 10.2 Å². The Morgan fingerprint density at radius 2 is 2.00 bits per heavy atom. The smallest absolute Gasteiger partial charge is 0.226 e. The van der Waals surface area contributed by atoms with E-state index in [0.29, 0.717) is 11.0 Å². The van der Waals surface area contributed by atoms with E-state index < -0.39 is 10.8 Å². The van der Waals surface area contributed by atoms with Gasteiger partial charge in [-0.1, -0.05) is 0 Å². The fraction of sp³-hybridized carbons (Fsp3) is 0.267. The minimum Gasteiger partial charge on any atom is -0.265 e. The van der Waals surface area contributed by atoms with Gasteiger partial charge in [0.05, 0.1) is 10.8 Å². The molecule has 3 heterocycles. The first kappa shape index (κ1) is 14.1. The van der Waals surface area contributed by atoms with Gasteiger partial charge in [-0.3, -0.25) is 13.8 Å². The molecule has 0 N–H and O–H groups in total. The summed E-state index contributed by atoms with van der Waals surface area (Å²) in [5.74, 6) is 1.37. The molecule has 0 bridgehead atoms. The zero-order valence-corrected chi connectivity index (χ0v) is 13.3. The predicted molar refractivity (Wildman–Crippen MR) is 84.5 cm³/mol. The average Bonchev–Trinajstić information content (AvgIpc) is 3.23. The largest absolute Gasteiger partial charge is 0.265 e. The molecule has 1 aliphatic carbocycles. The first-order chi connectivity index (χ1) is 11.2. The molecule has 116 valence electrons. The molecule has 7 nitrogen and oxygen atoms in total. The third-order valence-electron chi connectivity index (χ3n) is 3.85. The molecule has 8 heteroatoms. The van der Waals surface area contributed by atoms with Gasteiger partial charge in [0, 0.05) is 35.5 Å². The van der Waals surface area contributed by atoms with Crippen LogP contribution < -0.4 is 0 Å². The van der Waals surface area contributed by atoms with Crippen molar-refractivity contribution in [3.05, 3.63) is 42.1 Å². The minimum absolute atomic E-state index is 0.401. The first-order valence-electron chi connectivity index (χ1n) is 7.28. The number of pyridine rings is 1. The molecule has 0 fully saturated rings. The SMILES string of the molecule is CS(=O)c1nncn1-c1nc(-c2ccncc2)nc2c1CCC2. The molecule has 0 amide bonds. The Hall–Kier alpha value is -2.48. The quantitative estimate of drug-likeness (QED) is 0.722. The molecule has 0 saturated carbocycles. The lowest BCUT2D eigenvalue weighted by Crippen LogP contribution is -2.09. The molecule has 3 aromatic rings. The van der Waals surface area contributed by atoms with Crippen LogP contribution in [-0.2, 0) is 23.6 Å². The van der Waals surface area contributed by atoms with Crippen LogP contribution in [-0.4, -0.2) is 40.2 Å². The molecule has 0 saturated heterocycles. The lowest BCUT2D eigenvalue weighted by molar-refractivity contribution is 0.674. The van der Waals surface area contributed by atoms with Gasteiger partial charge < -0.3 is 0 Å². The van der Waals surface area contributed by atoms with Crippen molar-refractivity contribution < 1.29 is 4.21 Å². The fourth-order valence-electron chi connectivity index (χ4n) is 2.81. The number of nitrogens with zero attached hydrogens (tertiary/aromatic N) is 6. The molecular formula is C15H14N6OS. The maximum absolute atomic E-state index is 11.9. The van der Waals surface area contributed by atoms with Gasteiger partial charge in [-0.2, -0.15) is 0 Å². The molecule has 0 aliphatic heterocycles. The van der Waals surface area contributed by atoms with Crippen molar-refractivity contribution in [2.45, 2.75) is 24.4 Å². The van der Waals surface area contributed by atoms with E-state index >= 15 is 0 Å². The van der Waals surface area contributed by atoms with E-state index in [4.69, 9.17) is 9.97 Å². The molecule has 23 heavy (non-hydrogen) atoms. The summed E-state index contributed by atoms with van der Waals surface area (Å²) < 4.78 is 13.6. The number of rotatable bonds is 3. The van der Waals surface area contributed by atoms with Crippen LogP contribution in [0.15, 0.2) is 36.0 Å². The van der Waals surface area contributed by atoms with Gasteiger partial charge in [0.2, 0.25) is 5.16 Å². The summed E-state index contributed by atoms with van der Waals surface area (Å²) in [7, 11) is -1.24. The molecule has 0 spiro atoms. The topological polar surface area (TPSA) is 86.5 Å². The lowest BCUT2D eigenvalue weighted by Gasteiger charge is -2.11. The molecule has 0 aromatic carbocycles. The highest BCUT2D eigenvalue weighted by Gasteiger charge is 2.23. The van der Waals surface area contributed by atoms with Gasteiger partial charge >= 0.3 is 0 Å². The van der Waals surface area contributed by atoms with Crippen molar-refractivity contribution in [2.75, 3.05) is 6.26 Å². The second kappa shape index (κ2) is 5.62. The third kappa shape index (κ3) is 2.44. The Balaban J connectivity index is 1.94. The van der Waals surface area contributed by atoms with Crippen molar-refractivity contribution in [1.82, 2.24) is 29.7 Å². The van der Waals surface area contributed by atoms with Crippen molar-refractivity contribution in [3.63, 3.8) is 0 Å². The van der Waals surface area contributed by atoms with Gasteiger partial charge in [-0.25, -0.2) is 9.97 Å². The number of hydrogen-bond donors (Lipinski definition) is 0. The van der Waals surface area contributed by atoms with Crippen LogP contribution >= 0.6 is 0 Å². The van der Waals surface area contributed by atoms with Crippen LogP contribution in [0.2, 0.25) is 0 Å². The van der Waals surface area contributed by atoms with E-state index in [1.54, 1.807) is 29.5 Å². The van der Waals surface area contributed by atoms with E-state index in [1.807, 2.05) is 12.1 Å². The second-order valence-corrected chi connectivity index (χ2v) is 6.60. The molecule has 1 aliphatic rings. The van der Waals surface area contributed by atoms with Crippen LogP contribution in [0.4, 0.5) is 0 Å². The van der Waals surface area contributed by atoms with Crippen LogP contribution in [0.25, 0.3) is 17.2 Å². The Bertz CT molecular complexity index is 892. The highest BCUT2D eigenvalue weighted by atomic mass is 32.2. The number of fused-ring (bicyclic) bond motifs is 1. The second-order valence-electron chi connectivity index (χ2n) is 5.32. The van der Waals surface area contributed by atoms with Crippen LogP contribution in [0.5, 0.6) is 0 Å². The Kier molecular flexibility index (Phi) is 3.45. The standard InChI is InChI=1S/C15H14N6OS/c1-23(22)15-20-17-9-21(15)14-11-3-2-4-12(11)18-13(19-14)10-5-7-16-8-6-10/h5-9H,2-4H2,1H3. The van der Waals surface area contributed by atoms with Crippen LogP contribution in [0, 0.1) is 0 Å². The highest BCUT2D eigenvalue weighted by Crippen LogP contribution is 2.28. The Labute approximate surface area is 135 Å². The first-order valence-corrected chi connectivity index (χ1v) is 8.84. The number of hydrogen-bond acceptors (Lipinski definition) is 6. The number of aryl methyl sites for hydroxylation is 1. The van der Waals surface area contributed by atoms with Gasteiger partial charge in [0.1, 0.15) is 12.1 Å². The summed E-state index contributed by atoms with van der Waals surface area (Å²) >= 11 is 0. The minimum atomic E-state index is -1.24. The van der Waals surface area contributed by atoms with E-state index in [9.17, 15) is 4.21 Å². The molecular weight excluding hydrogens is 312 g/mol. The summed E-state index contributed by atoms with van der Waals surface area (Å²) in [4.78, 5) is 13.4. The molecule has 1 unspecified atom stereocenters.